The zero-order chi connectivity index (χ0) is 13.8. The molecule has 0 aromatic rings. The van der Waals surface area contributed by atoms with E-state index in [4.69, 9.17) is 4.74 Å². The summed E-state index contributed by atoms with van der Waals surface area (Å²) in [5.74, 6) is 0. The molecule has 0 aliphatic carbocycles. The van der Waals surface area contributed by atoms with E-state index in [0.29, 0.717) is 6.61 Å². The highest BCUT2D eigenvalue weighted by molar-refractivity contribution is 4.73. The van der Waals surface area contributed by atoms with Crippen LogP contribution in [0.3, 0.4) is 0 Å². The number of hydrogen-bond acceptors (Lipinski definition) is 4. The van der Waals surface area contributed by atoms with Gasteiger partial charge in [-0.1, -0.05) is 26.2 Å². The molecule has 0 bridgehead atoms. The van der Waals surface area contributed by atoms with Crippen molar-refractivity contribution < 1.29 is 15.0 Å². The summed E-state index contributed by atoms with van der Waals surface area (Å²) in [5, 5.41) is 20.8. The van der Waals surface area contributed by atoms with Gasteiger partial charge in [0.05, 0.1) is 12.7 Å². The predicted molar refractivity (Wildman–Crippen MR) is 72.7 cm³/mol. The van der Waals surface area contributed by atoms with E-state index in [1.165, 1.54) is 25.5 Å². The number of aliphatic hydroxyl groups is 1. The fourth-order valence-corrected chi connectivity index (χ4v) is 1.59. The first-order valence-corrected chi connectivity index (χ1v) is 6.75. The molecule has 3 atom stereocenters. The van der Waals surface area contributed by atoms with Crippen LogP contribution >= 0.6 is 0 Å². The molecular formula is C13H28N2O3. The van der Waals surface area contributed by atoms with Gasteiger partial charge >= 0.3 is 0 Å². The van der Waals surface area contributed by atoms with Crippen molar-refractivity contribution in [2.45, 2.75) is 58.1 Å². The molecule has 0 amide bonds. The summed E-state index contributed by atoms with van der Waals surface area (Å²) < 4.78 is 4.94. The van der Waals surface area contributed by atoms with E-state index >= 15 is 0 Å². The average molecular weight is 260 g/mol. The lowest BCUT2D eigenvalue weighted by Gasteiger charge is -2.26. The van der Waals surface area contributed by atoms with Crippen LogP contribution < -0.4 is 10.6 Å². The Bertz CT molecular complexity index is 210. The number of methoxy groups -OCH3 is 1. The number of rotatable bonds is 11. The van der Waals surface area contributed by atoms with Gasteiger partial charge in [-0.2, -0.15) is 5.43 Å². The molecule has 0 fully saturated rings. The molecular weight excluding hydrogens is 232 g/mol. The summed E-state index contributed by atoms with van der Waals surface area (Å²) in [7, 11) is 1.55. The lowest BCUT2D eigenvalue weighted by molar-refractivity contribution is -0.847. The van der Waals surface area contributed by atoms with Gasteiger partial charge in [0.15, 0.2) is 0 Å². The van der Waals surface area contributed by atoms with Crippen molar-refractivity contribution in [2.75, 3.05) is 13.7 Å². The van der Waals surface area contributed by atoms with Gasteiger partial charge in [-0.25, -0.2) is 0 Å². The number of ether oxygens (including phenoxy) is 1. The highest BCUT2D eigenvalue weighted by Gasteiger charge is 2.16. The van der Waals surface area contributed by atoms with Crippen molar-refractivity contribution in [2.24, 2.45) is 0 Å². The molecule has 5 nitrogen and oxygen atoms in total. The zero-order valence-electron chi connectivity index (χ0n) is 11.8. The minimum Gasteiger partial charge on any atom is -0.608 e. The van der Waals surface area contributed by atoms with Crippen LogP contribution in [0.5, 0.6) is 0 Å². The molecule has 0 heterocycles. The fourth-order valence-electron chi connectivity index (χ4n) is 1.59. The van der Waals surface area contributed by atoms with Crippen LogP contribution in [-0.4, -0.2) is 31.0 Å². The summed E-state index contributed by atoms with van der Waals surface area (Å²) in [6, 6.07) is -0.354. The van der Waals surface area contributed by atoms with Gasteiger partial charge in [-0.15, -0.1) is 0 Å². The Morgan fingerprint density at radius 3 is 2.67 bits per heavy atom. The molecule has 3 unspecified atom stereocenters. The van der Waals surface area contributed by atoms with E-state index in [9.17, 15) is 10.3 Å². The monoisotopic (exact) mass is 260 g/mol. The largest absolute Gasteiger partial charge is 0.608 e. The Balaban J connectivity index is 3.78. The van der Waals surface area contributed by atoms with Crippen LogP contribution in [-0.2, 0) is 4.74 Å². The average Bonchev–Trinajstić information content (AvgIpc) is 2.33. The predicted octanol–water partition coefficient (Wildman–Crippen LogP) is 0.754. The molecule has 0 spiro atoms. The second-order valence-electron chi connectivity index (χ2n) is 4.56. The second kappa shape index (κ2) is 11.6. The molecule has 0 saturated heterocycles. The van der Waals surface area contributed by atoms with Crippen molar-refractivity contribution in [3.05, 3.63) is 17.5 Å². The Morgan fingerprint density at radius 1 is 1.39 bits per heavy atom. The molecule has 108 valence electrons. The number of unbranched alkanes of at least 4 members (excludes halogenated alkanes) is 4. The van der Waals surface area contributed by atoms with E-state index in [0.717, 1.165) is 12.8 Å². The van der Waals surface area contributed by atoms with E-state index in [1.807, 2.05) is 6.08 Å². The Kier molecular flexibility index (Phi) is 11.3. The van der Waals surface area contributed by atoms with Gasteiger partial charge in [-0.3, -0.25) is 5.17 Å². The molecule has 0 aromatic carbocycles. The van der Waals surface area contributed by atoms with Crippen molar-refractivity contribution in [3.63, 3.8) is 0 Å². The summed E-state index contributed by atoms with van der Waals surface area (Å²) in [4.78, 5) is 0. The topological polar surface area (TPSA) is 69.0 Å². The summed E-state index contributed by atoms with van der Waals surface area (Å²) in [5.41, 5.74) is 2.72. The first-order chi connectivity index (χ1) is 8.61. The Hall–Kier alpha value is -0.460. The maximum absolute atomic E-state index is 11.6. The summed E-state index contributed by atoms with van der Waals surface area (Å²) in [6.45, 7) is 4.13. The lowest BCUT2D eigenvalue weighted by Crippen LogP contribution is -3.11. The lowest BCUT2D eigenvalue weighted by atomic mass is 10.1. The number of quaternary nitrogens is 1. The van der Waals surface area contributed by atoms with Gasteiger partial charge < -0.3 is 15.1 Å². The van der Waals surface area contributed by atoms with Crippen molar-refractivity contribution in [1.29, 1.82) is 0 Å². The zero-order valence-corrected chi connectivity index (χ0v) is 11.8. The van der Waals surface area contributed by atoms with Gasteiger partial charge in [0, 0.05) is 7.11 Å². The number of allylic oxidation sites excluding steroid dienone is 1. The second-order valence-corrected chi connectivity index (χ2v) is 4.56. The van der Waals surface area contributed by atoms with Crippen LogP contribution in [0.1, 0.15) is 46.0 Å². The van der Waals surface area contributed by atoms with E-state index < -0.39 is 6.10 Å². The van der Waals surface area contributed by atoms with E-state index in [1.54, 1.807) is 14.0 Å². The summed E-state index contributed by atoms with van der Waals surface area (Å²) >= 11 is 0. The third-order valence-electron chi connectivity index (χ3n) is 2.75. The van der Waals surface area contributed by atoms with Gasteiger partial charge in [-0.05, 0) is 25.8 Å². The standard InChI is InChI=1S/C13H28N2O3/c1-4-5-6-7-8-9-10-15(17)14-13(11-18-3)12(2)16/h9-10,12-16H,4-8,11H2,1-3H3. The maximum Gasteiger partial charge on any atom is 0.110 e. The number of nitrogens with one attached hydrogen (secondary N) is 2. The molecule has 0 aliphatic heterocycles. The van der Waals surface area contributed by atoms with Crippen LogP contribution in [0.2, 0.25) is 0 Å². The molecule has 5 heteroatoms. The highest BCUT2D eigenvalue weighted by atomic mass is 16.5. The molecule has 0 saturated carbocycles. The van der Waals surface area contributed by atoms with Gasteiger partial charge in [0.1, 0.15) is 12.2 Å². The van der Waals surface area contributed by atoms with Crippen LogP contribution in [0.25, 0.3) is 0 Å². The third kappa shape index (κ3) is 9.56. The van der Waals surface area contributed by atoms with E-state index in [-0.39, 0.29) is 11.2 Å². The summed E-state index contributed by atoms with van der Waals surface area (Å²) in [6.07, 6.45) is 8.53. The maximum atomic E-state index is 11.6. The SMILES string of the molecule is CCCCCCC=C[NH+]([O-])NC(COC)C(C)O. The highest BCUT2D eigenvalue weighted by Crippen LogP contribution is 2.01. The van der Waals surface area contributed by atoms with Crippen LogP contribution in [0, 0.1) is 5.21 Å². The van der Waals surface area contributed by atoms with Crippen molar-refractivity contribution in [1.82, 2.24) is 5.43 Å². The van der Waals surface area contributed by atoms with Crippen LogP contribution in [0.15, 0.2) is 12.3 Å². The van der Waals surface area contributed by atoms with Gasteiger partial charge in [0.25, 0.3) is 0 Å². The molecule has 0 rings (SSSR count). The minimum atomic E-state index is -0.619. The van der Waals surface area contributed by atoms with Gasteiger partial charge in [0.2, 0.25) is 0 Å². The van der Waals surface area contributed by atoms with Crippen LogP contribution in [0.4, 0.5) is 0 Å². The Labute approximate surface area is 110 Å². The smallest absolute Gasteiger partial charge is 0.110 e. The Morgan fingerprint density at radius 2 is 2.11 bits per heavy atom. The molecule has 0 aliphatic rings. The number of aliphatic hydroxyl groups excluding tert-OH is 1. The first kappa shape index (κ1) is 17.5. The molecule has 0 aromatic heterocycles. The minimum absolute atomic E-state index is 0.173. The molecule has 3 N–H and O–H groups in total. The first-order valence-electron chi connectivity index (χ1n) is 6.75. The normalized spacial score (nSPS) is 16.9. The quantitative estimate of drug-likeness (QED) is 0.379. The van der Waals surface area contributed by atoms with E-state index in [2.05, 4.69) is 12.3 Å². The number of hydrogen-bond donors (Lipinski definition) is 3. The fraction of sp³-hybridized carbons (Fsp3) is 0.846. The third-order valence-corrected chi connectivity index (χ3v) is 2.75. The van der Waals surface area contributed by atoms with Crippen molar-refractivity contribution in [3.8, 4) is 0 Å². The number of hydroxylamine groups is 1. The van der Waals surface area contributed by atoms with Crippen molar-refractivity contribution >= 4 is 0 Å². The molecule has 0 radical (unpaired) electrons. The molecule has 18 heavy (non-hydrogen) atoms.